The van der Waals surface area contributed by atoms with Gasteiger partial charge in [-0.2, -0.15) is 0 Å². The van der Waals surface area contributed by atoms with Crippen molar-refractivity contribution < 1.29 is 9.47 Å². The Bertz CT molecular complexity index is 636. The summed E-state index contributed by atoms with van der Waals surface area (Å²) in [5, 5.41) is 5.78. The molecule has 2 aromatic rings. The van der Waals surface area contributed by atoms with E-state index in [1.165, 1.54) is 10.4 Å². The minimum Gasteiger partial charge on any atom is -0.382 e. The first-order chi connectivity index (χ1) is 11.4. The molecule has 5 nitrogen and oxygen atoms in total. The van der Waals surface area contributed by atoms with Crippen molar-refractivity contribution in [2.75, 3.05) is 51.4 Å². The van der Waals surface area contributed by atoms with Crippen molar-refractivity contribution >= 4 is 27.2 Å². The number of ether oxygens (including phenoxy) is 2. The van der Waals surface area contributed by atoms with Crippen LogP contribution in [0.15, 0.2) is 23.7 Å². The third kappa shape index (κ3) is 3.35. The monoisotopic (exact) mass is 333 g/mol. The number of morpholine rings is 1. The van der Waals surface area contributed by atoms with Crippen molar-refractivity contribution in [2.45, 2.75) is 12.5 Å². The fraction of sp³-hybridized carbons (Fsp3) is 0.588. The first kappa shape index (κ1) is 15.3. The first-order valence-corrected chi connectivity index (χ1v) is 9.25. The number of nitrogens with one attached hydrogen (secondary N) is 1. The molecule has 0 amide bonds. The first-order valence-electron chi connectivity index (χ1n) is 8.37. The Morgan fingerprint density at radius 2 is 2.17 bits per heavy atom. The van der Waals surface area contributed by atoms with Crippen LogP contribution < -0.4 is 5.32 Å². The van der Waals surface area contributed by atoms with Crippen molar-refractivity contribution in [1.82, 2.24) is 9.88 Å². The molecular formula is C17H23N3O2S. The van der Waals surface area contributed by atoms with Crippen LogP contribution in [-0.4, -0.2) is 62.0 Å². The number of aromatic nitrogens is 1. The highest BCUT2D eigenvalue weighted by atomic mass is 32.1. The third-order valence-electron chi connectivity index (χ3n) is 4.87. The summed E-state index contributed by atoms with van der Waals surface area (Å²) in [5.41, 5.74) is 2.27. The van der Waals surface area contributed by atoms with Gasteiger partial charge in [-0.25, -0.2) is 0 Å². The molecule has 2 unspecified atom stereocenters. The van der Waals surface area contributed by atoms with Crippen LogP contribution in [0.1, 0.15) is 6.42 Å². The molecule has 0 saturated carbocycles. The average Bonchev–Trinajstić information content (AvgIpc) is 3.28. The van der Waals surface area contributed by atoms with Crippen molar-refractivity contribution in [2.24, 2.45) is 5.92 Å². The Morgan fingerprint density at radius 1 is 1.26 bits per heavy atom. The van der Waals surface area contributed by atoms with E-state index >= 15 is 0 Å². The second-order valence-corrected chi connectivity index (χ2v) is 7.13. The minimum absolute atomic E-state index is 0.504. The van der Waals surface area contributed by atoms with Gasteiger partial charge in [-0.15, -0.1) is 11.3 Å². The molecule has 2 aromatic heterocycles. The standard InChI is InChI=1S/C17H23N3O2S/c1-4-18-15-3-10-23-17(15)14(1)19-11-16(13-2-7-22-12-13)20-5-8-21-9-6-20/h1,3-4,10,13,16H,2,5-9,11-12H2,(H,18,19). The van der Waals surface area contributed by atoms with Crippen LogP contribution in [0.4, 0.5) is 5.69 Å². The van der Waals surface area contributed by atoms with Crippen LogP contribution in [-0.2, 0) is 9.47 Å². The maximum atomic E-state index is 5.65. The molecule has 2 fully saturated rings. The van der Waals surface area contributed by atoms with Crippen LogP contribution in [0.5, 0.6) is 0 Å². The molecule has 2 saturated heterocycles. The lowest BCUT2D eigenvalue weighted by Crippen LogP contribution is -2.50. The van der Waals surface area contributed by atoms with Gasteiger partial charge >= 0.3 is 0 Å². The SMILES string of the molecule is c1cc(NCC(C2CCOC2)N2CCOCC2)c2sccc2n1. The Kier molecular flexibility index (Phi) is 4.75. The number of anilines is 1. The van der Waals surface area contributed by atoms with Gasteiger partial charge in [0.25, 0.3) is 0 Å². The van der Waals surface area contributed by atoms with Crippen molar-refractivity contribution in [3.8, 4) is 0 Å². The second-order valence-electron chi connectivity index (χ2n) is 6.21. The number of hydrogen-bond acceptors (Lipinski definition) is 6. The van der Waals surface area contributed by atoms with Gasteiger partial charge in [0.15, 0.2) is 0 Å². The van der Waals surface area contributed by atoms with Crippen molar-refractivity contribution in [3.63, 3.8) is 0 Å². The average molecular weight is 333 g/mol. The van der Waals surface area contributed by atoms with E-state index < -0.39 is 0 Å². The maximum Gasteiger partial charge on any atom is 0.0830 e. The lowest BCUT2D eigenvalue weighted by atomic mass is 9.96. The second kappa shape index (κ2) is 7.13. The molecule has 124 valence electrons. The molecule has 4 rings (SSSR count). The number of thiophene rings is 1. The summed E-state index contributed by atoms with van der Waals surface area (Å²) in [6.45, 7) is 6.46. The van der Waals surface area contributed by atoms with E-state index in [2.05, 4.69) is 32.7 Å². The summed E-state index contributed by atoms with van der Waals surface area (Å²) in [7, 11) is 0. The van der Waals surface area contributed by atoms with Gasteiger partial charge in [0.1, 0.15) is 0 Å². The number of hydrogen-bond donors (Lipinski definition) is 1. The maximum absolute atomic E-state index is 5.65. The summed E-state index contributed by atoms with van der Waals surface area (Å²) in [5.74, 6) is 0.612. The molecule has 4 heterocycles. The number of pyridine rings is 1. The van der Waals surface area contributed by atoms with Crippen LogP contribution in [0.2, 0.25) is 0 Å². The molecule has 2 atom stereocenters. The highest BCUT2D eigenvalue weighted by molar-refractivity contribution is 7.17. The Morgan fingerprint density at radius 3 is 3.00 bits per heavy atom. The van der Waals surface area contributed by atoms with E-state index in [4.69, 9.17) is 9.47 Å². The zero-order valence-electron chi connectivity index (χ0n) is 13.2. The predicted molar refractivity (Wildman–Crippen MR) is 93.2 cm³/mol. The quantitative estimate of drug-likeness (QED) is 0.911. The highest BCUT2D eigenvalue weighted by Gasteiger charge is 2.31. The topological polar surface area (TPSA) is 46.6 Å². The largest absolute Gasteiger partial charge is 0.382 e. The molecule has 2 aliphatic rings. The van der Waals surface area contributed by atoms with E-state index in [1.54, 1.807) is 11.3 Å². The van der Waals surface area contributed by atoms with Crippen molar-refractivity contribution in [1.29, 1.82) is 0 Å². The van der Waals surface area contributed by atoms with Crippen LogP contribution in [0.25, 0.3) is 10.2 Å². The summed E-state index contributed by atoms with van der Waals surface area (Å²) in [6, 6.07) is 4.67. The third-order valence-corrected chi connectivity index (χ3v) is 5.81. The molecule has 6 heteroatoms. The molecule has 0 aromatic carbocycles. The zero-order chi connectivity index (χ0) is 15.5. The lowest BCUT2D eigenvalue weighted by Gasteiger charge is -2.37. The summed E-state index contributed by atoms with van der Waals surface area (Å²) in [6.07, 6.45) is 3.05. The Labute approximate surface area is 140 Å². The van der Waals surface area contributed by atoms with Gasteiger partial charge < -0.3 is 14.8 Å². The van der Waals surface area contributed by atoms with Gasteiger partial charge in [0.2, 0.25) is 0 Å². The molecule has 1 N–H and O–H groups in total. The minimum atomic E-state index is 0.504. The number of nitrogens with zero attached hydrogens (tertiary/aromatic N) is 2. The van der Waals surface area contributed by atoms with E-state index in [-0.39, 0.29) is 0 Å². The van der Waals surface area contributed by atoms with Crippen LogP contribution >= 0.6 is 11.3 Å². The highest BCUT2D eigenvalue weighted by Crippen LogP contribution is 2.28. The molecule has 23 heavy (non-hydrogen) atoms. The van der Waals surface area contributed by atoms with E-state index in [0.29, 0.717) is 12.0 Å². The van der Waals surface area contributed by atoms with Gasteiger partial charge in [-0.3, -0.25) is 9.88 Å². The zero-order valence-corrected chi connectivity index (χ0v) is 14.1. The van der Waals surface area contributed by atoms with E-state index in [0.717, 1.165) is 58.0 Å². The summed E-state index contributed by atoms with van der Waals surface area (Å²) < 4.78 is 12.4. The van der Waals surface area contributed by atoms with Gasteiger partial charge in [-0.1, -0.05) is 0 Å². The normalized spacial score (nSPS) is 24.1. The number of rotatable bonds is 5. The smallest absolute Gasteiger partial charge is 0.0830 e. The van der Waals surface area contributed by atoms with Gasteiger partial charge in [-0.05, 0) is 23.9 Å². The molecular weight excluding hydrogens is 310 g/mol. The molecule has 0 bridgehead atoms. The lowest BCUT2D eigenvalue weighted by molar-refractivity contribution is 0.00462. The van der Waals surface area contributed by atoms with Crippen molar-refractivity contribution in [3.05, 3.63) is 23.7 Å². The molecule has 0 spiro atoms. The summed E-state index contributed by atoms with van der Waals surface area (Å²) in [4.78, 5) is 6.99. The Hall–Kier alpha value is -1.21. The summed E-state index contributed by atoms with van der Waals surface area (Å²) >= 11 is 1.75. The molecule has 0 radical (unpaired) electrons. The fourth-order valence-corrected chi connectivity index (χ4v) is 4.43. The van der Waals surface area contributed by atoms with Crippen LogP contribution in [0, 0.1) is 5.92 Å². The van der Waals surface area contributed by atoms with E-state index in [9.17, 15) is 0 Å². The van der Waals surface area contributed by atoms with Gasteiger partial charge in [0.05, 0.1) is 35.7 Å². The Balaban J connectivity index is 1.49. The van der Waals surface area contributed by atoms with Gasteiger partial charge in [0, 0.05) is 44.4 Å². The fourth-order valence-electron chi connectivity index (χ4n) is 3.59. The van der Waals surface area contributed by atoms with E-state index in [1.807, 2.05) is 6.20 Å². The molecule has 0 aliphatic carbocycles. The van der Waals surface area contributed by atoms with Crippen LogP contribution in [0.3, 0.4) is 0 Å². The number of fused-ring (bicyclic) bond motifs is 1. The molecule has 2 aliphatic heterocycles. The predicted octanol–water partition coefficient (Wildman–Crippen LogP) is 2.45.